The Hall–Kier alpha value is -0.160. The largest absolute Gasteiger partial charge is 0.382 e. The van der Waals surface area contributed by atoms with Gasteiger partial charge in [-0.3, -0.25) is 0 Å². The fourth-order valence-electron chi connectivity index (χ4n) is 1.92. The lowest BCUT2D eigenvalue weighted by Gasteiger charge is -2.05. The first-order chi connectivity index (χ1) is 7.86. The smallest absolute Gasteiger partial charge is 0.0809 e. The van der Waals surface area contributed by atoms with Gasteiger partial charge in [-0.05, 0) is 25.7 Å². The molecule has 4 heteroatoms. The zero-order chi connectivity index (χ0) is 11.6. The molecule has 2 fully saturated rings. The third-order valence-electron chi connectivity index (χ3n) is 2.75. The third-order valence-corrected chi connectivity index (χ3v) is 2.75. The van der Waals surface area contributed by atoms with Crippen LogP contribution in [0.25, 0.3) is 0 Å². The summed E-state index contributed by atoms with van der Waals surface area (Å²) in [5, 5.41) is 0. The molecule has 0 aromatic rings. The van der Waals surface area contributed by atoms with Crippen molar-refractivity contribution in [1.82, 2.24) is 0 Å². The third kappa shape index (κ3) is 5.80. The second-order valence-electron chi connectivity index (χ2n) is 4.18. The molecule has 2 saturated heterocycles. The fraction of sp³-hybridized carbons (Fsp3) is 1.00. The first-order valence-corrected chi connectivity index (χ1v) is 6.08. The predicted molar refractivity (Wildman–Crippen MR) is 61.7 cm³/mol. The van der Waals surface area contributed by atoms with Crippen LogP contribution in [0.3, 0.4) is 0 Å². The van der Waals surface area contributed by atoms with E-state index < -0.39 is 0 Å². The van der Waals surface area contributed by atoms with Gasteiger partial charge in [0.1, 0.15) is 0 Å². The van der Waals surface area contributed by atoms with Crippen molar-refractivity contribution in [2.24, 2.45) is 0 Å². The van der Waals surface area contributed by atoms with Crippen LogP contribution in [0.1, 0.15) is 25.7 Å². The van der Waals surface area contributed by atoms with E-state index in [4.69, 9.17) is 18.9 Å². The molecule has 2 heterocycles. The zero-order valence-electron chi connectivity index (χ0n) is 10.4. The predicted octanol–water partition coefficient (Wildman–Crippen LogP) is 1.62. The SMILES string of the molecule is COC[C@@H]1CCCO1.COC[C@H]1CCCO1. The lowest BCUT2D eigenvalue weighted by Crippen LogP contribution is -2.11. The second kappa shape index (κ2) is 8.93. The Kier molecular flexibility index (Phi) is 7.76. The Morgan fingerprint density at radius 1 is 0.875 bits per heavy atom. The molecule has 2 aliphatic rings. The van der Waals surface area contributed by atoms with Crippen LogP contribution in [0.2, 0.25) is 0 Å². The summed E-state index contributed by atoms with van der Waals surface area (Å²) in [6.07, 6.45) is 5.53. The minimum atomic E-state index is 0.389. The summed E-state index contributed by atoms with van der Waals surface area (Å²) in [5.41, 5.74) is 0. The van der Waals surface area contributed by atoms with Gasteiger partial charge in [-0.25, -0.2) is 0 Å². The maximum absolute atomic E-state index is 5.27. The molecule has 0 unspecified atom stereocenters. The van der Waals surface area contributed by atoms with Crippen molar-refractivity contribution >= 4 is 0 Å². The molecule has 0 radical (unpaired) electrons. The van der Waals surface area contributed by atoms with Crippen molar-refractivity contribution in [3.63, 3.8) is 0 Å². The van der Waals surface area contributed by atoms with E-state index in [1.54, 1.807) is 14.2 Å². The average molecular weight is 232 g/mol. The van der Waals surface area contributed by atoms with E-state index in [0.717, 1.165) is 26.4 Å². The van der Waals surface area contributed by atoms with Gasteiger partial charge < -0.3 is 18.9 Å². The minimum absolute atomic E-state index is 0.389. The molecule has 0 spiro atoms. The number of methoxy groups -OCH3 is 2. The van der Waals surface area contributed by atoms with Crippen LogP contribution in [-0.4, -0.2) is 52.9 Å². The summed E-state index contributed by atoms with van der Waals surface area (Å²) in [5.74, 6) is 0. The molecule has 2 aliphatic heterocycles. The van der Waals surface area contributed by atoms with Crippen LogP contribution in [0, 0.1) is 0 Å². The van der Waals surface area contributed by atoms with Crippen molar-refractivity contribution in [2.45, 2.75) is 37.9 Å². The summed E-state index contributed by atoms with van der Waals surface area (Å²) in [4.78, 5) is 0. The van der Waals surface area contributed by atoms with Crippen molar-refractivity contribution < 1.29 is 18.9 Å². The van der Waals surface area contributed by atoms with E-state index >= 15 is 0 Å². The Bertz CT molecular complexity index is 133. The normalized spacial score (nSPS) is 28.9. The molecule has 0 saturated carbocycles. The van der Waals surface area contributed by atoms with Crippen LogP contribution in [0.15, 0.2) is 0 Å². The van der Waals surface area contributed by atoms with Crippen molar-refractivity contribution in [1.29, 1.82) is 0 Å². The molecule has 0 N–H and O–H groups in total. The first-order valence-electron chi connectivity index (χ1n) is 6.08. The van der Waals surface area contributed by atoms with E-state index in [1.807, 2.05) is 0 Å². The number of hydrogen-bond acceptors (Lipinski definition) is 4. The minimum Gasteiger partial charge on any atom is -0.382 e. The van der Waals surface area contributed by atoms with Gasteiger partial charge in [0, 0.05) is 27.4 Å². The highest BCUT2D eigenvalue weighted by atomic mass is 16.5. The average Bonchev–Trinajstić information content (AvgIpc) is 2.92. The van der Waals surface area contributed by atoms with Gasteiger partial charge in [-0.15, -0.1) is 0 Å². The number of rotatable bonds is 4. The maximum Gasteiger partial charge on any atom is 0.0809 e. The number of ether oxygens (including phenoxy) is 4. The van der Waals surface area contributed by atoms with E-state index in [-0.39, 0.29) is 0 Å². The van der Waals surface area contributed by atoms with Crippen molar-refractivity contribution in [3.05, 3.63) is 0 Å². The summed E-state index contributed by atoms with van der Waals surface area (Å²) < 4.78 is 20.3. The van der Waals surface area contributed by atoms with Crippen LogP contribution in [0.5, 0.6) is 0 Å². The second-order valence-corrected chi connectivity index (χ2v) is 4.18. The molecular formula is C12H24O4. The Labute approximate surface area is 98.2 Å². The highest BCUT2D eigenvalue weighted by Crippen LogP contribution is 2.11. The van der Waals surface area contributed by atoms with Gasteiger partial charge in [0.2, 0.25) is 0 Å². The zero-order valence-corrected chi connectivity index (χ0v) is 10.4. The monoisotopic (exact) mass is 232 g/mol. The van der Waals surface area contributed by atoms with Crippen molar-refractivity contribution in [2.75, 3.05) is 40.6 Å². The fourth-order valence-corrected chi connectivity index (χ4v) is 1.92. The summed E-state index contributed by atoms with van der Waals surface area (Å²) in [7, 11) is 3.42. The van der Waals surface area contributed by atoms with Gasteiger partial charge in [0.15, 0.2) is 0 Å². The van der Waals surface area contributed by atoms with Gasteiger partial charge in [-0.1, -0.05) is 0 Å². The highest BCUT2D eigenvalue weighted by Gasteiger charge is 2.14. The Morgan fingerprint density at radius 2 is 1.31 bits per heavy atom. The van der Waals surface area contributed by atoms with Gasteiger partial charge in [0.05, 0.1) is 25.4 Å². The Balaban J connectivity index is 0.000000160. The van der Waals surface area contributed by atoms with Crippen molar-refractivity contribution in [3.8, 4) is 0 Å². The molecule has 2 rings (SSSR count). The van der Waals surface area contributed by atoms with Crippen LogP contribution < -0.4 is 0 Å². The van der Waals surface area contributed by atoms with Gasteiger partial charge in [-0.2, -0.15) is 0 Å². The lowest BCUT2D eigenvalue weighted by molar-refractivity contribution is 0.0380. The molecule has 2 atom stereocenters. The molecule has 0 amide bonds. The van der Waals surface area contributed by atoms with Gasteiger partial charge in [0.25, 0.3) is 0 Å². The molecule has 0 aromatic heterocycles. The summed E-state index contributed by atoms with van der Waals surface area (Å²) in [6.45, 7) is 3.38. The molecule has 0 aromatic carbocycles. The molecule has 4 nitrogen and oxygen atoms in total. The topological polar surface area (TPSA) is 36.9 Å². The lowest BCUT2D eigenvalue weighted by atomic mass is 10.2. The molecule has 0 bridgehead atoms. The van der Waals surface area contributed by atoms with E-state index in [2.05, 4.69) is 0 Å². The highest BCUT2D eigenvalue weighted by molar-refractivity contribution is 4.63. The van der Waals surface area contributed by atoms with Crippen LogP contribution in [0.4, 0.5) is 0 Å². The van der Waals surface area contributed by atoms with E-state index in [1.165, 1.54) is 25.7 Å². The van der Waals surface area contributed by atoms with Crippen LogP contribution >= 0.6 is 0 Å². The Morgan fingerprint density at radius 3 is 1.56 bits per heavy atom. The van der Waals surface area contributed by atoms with Gasteiger partial charge >= 0.3 is 0 Å². The summed E-state index contributed by atoms with van der Waals surface area (Å²) >= 11 is 0. The standard InChI is InChI=1S/2C6H12O2/c2*1-7-5-6-3-2-4-8-6/h2*6H,2-5H2,1H3/t2*6-/m10/s1. The molecular weight excluding hydrogens is 208 g/mol. The molecule has 0 aliphatic carbocycles. The number of hydrogen-bond donors (Lipinski definition) is 0. The first kappa shape index (κ1) is 13.9. The maximum atomic E-state index is 5.27. The van der Waals surface area contributed by atoms with Crippen LogP contribution in [-0.2, 0) is 18.9 Å². The quantitative estimate of drug-likeness (QED) is 0.738. The molecule has 16 heavy (non-hydrogen) atoms. The summed E-state index contributed by atoms with van der Waals surface area (Å²) in [6, 6.07) is 0. The molecule has 96 valence electrons. The van der Waals surface area contributed by atoms with E-state index in [0.29, 0.717) is 12.2 Å². The van der Waals surface area contributed by atoms with E-state index in [9.17, 15) is 0 Å².